The van der Waals surface area contributed by atoms with Crippen molar-refractivity contribution in [1.29, 1.82) is 0 Å². The molecule has 2 N–H and O–H groups in total. The third-order valence-corrected chi connectivity index (χ3v) is 3.33. The lowest BCUT2D eigenvalue weighted by atomic mass is 10.1. The zero-order valence-corrected chi connectivity index (χ0v) is 13.5. The maximum Gasteiger partial charge on any atom is 0.326 e. The molecule has 130 valence electrons. The van der Waals surface area contributed by atoms with Gasteiger partial charge in [0.15, 0.2) is 0 Å². The summed E-state index contributed by atoms with van der Waals surface area (Å²) in [6.07, 6.45) is 1.02. The van der Waals surface area contributed by atoms with Crippen molar-refractivity contribution in [2.24, 2.45) is 0 Å². The number of carboxylic acids is 1. The van der Waals surface area contributed by atoms with E-state index in [0.717, 1.165) is 17.2 Å². The molecule has 1 rings (SSSR count). The fraction of sp³-hybridized carbons (Fsp3) is 0.429. The van der Waals surface area contributed by atoms with Crippen molar-refractivity contribution in [2.75, 3.05) is 13.1 Å². The quantitative estimate of drug-likeness (QED) is 0.539. The number of nitrogens with zero attached hydrogens (tertiary/aromatic N) is 3. The number of carboxylic acid groups (broad SMARTS) is 1. The molecule has 1 unspecified atom stereocenters. The van der Waals surface area contributed by atoms with Gasteiger partial charge in [-0.3, -0.25) is 24.7 Å². The van der Waals surface area contributed by atoms with Crippen LogP contribution in [0.15, 0.2) is 12.3 Å². The fourth-order valence-electron chi connectivity index (χ4n) is 1.95. The van der Waals surface area contributed by atoms with E-state index in [1.165, 1.54) is 20.8 Å². The molecular weight excluding hydrogens is 320 g/mol. The van der Waals surface area contributed by atoms with Gasteiger partial charge in [-0.2, -0.15) is 0 Å². The SMILES string of the molecule is CC(=O)NCCN(C(=O)c1cc([N+](=O)[O-])cnc1C)C(C)C(=O)O. The number of carbonyl (C=O) groups excluding carboxylic acids is 2. The Hall–Kier alpha value is -3.04. The third kappa shape index (κ3) is 4.73. The van der Waals surface area contributed by atoms with Crippen LogP contribution in [0.5, 0.6) is 0 Å². The van der Waals surface area contributed by atoms with Crippen molar-refractivity contribution in [3.63, 3.8) is 0 Å². The van der Waals surface area contributed by atoms with Crippen LogP contribution in [-0.2, 0) is 9.59 Å². The molecule has 1 aromatic rings. The van der Waals surface area contributed by atoms with Gasteiger partial charge in [-0.05, 0) is 13.8 Å². The molecule has 0 aromatic carbocycles. The highest BCUT2D eigenvalue weighted by molar-refractivity contribution is 5.98. The van der Waals surface area contributed by atoms with E-state index in [1.807, 2.05) is 0 Å². The Bertz CT molecular complexity index is 675. The molecule has 24 heavy (non-hydrogen) atoms. The Morgan fingerprint density at radius 1 is 1.46 bits per heavy atom. The number of rotatable bonds is 7. The van der Waals surface area contributed by atoms with E-state index in [1.54, 1.807) is 0 Å². The van der Waals surface area contributed by atoms with Crippen molar-refractivity contribution >= 4 is 23.5 Å². The number of pyridine rings is 1. The van der Waals surface area contributed by atoms with Crippen LogP contribution in [0.4, 0.5) is 5.69 Å². The van der Waals surface area contributed by atoms with Gasteiger partial charge in [0.1, 0.15) is 12.2 Å². The molecule has 0 fully saturated rings. The molecule has 0 saturated heterocycles. The first-order valence-corrected chi connectivity index (χ1v) is 7.04. The number of amides is 2. The molecule has 1 aromatic heterocycles. The molecule has 0 spiro atoms. The molecular formula is C14H18N4O6. The Kier molecular flexibility index (Phi) is 6.33. The van der Waals surface area contributed by atoms with Gasteiger partial charge in [-0.25, -0.2) is 4.79 Å². The topological polar surface area (TPSA) is 143 Å². The maximum absolute atomic E-state index is 12.6. The Morgan fingerprint density at radius 3 is 2.58 bits per heavy atom. The lowest BCUT2D eigenvalue weighted by Gasteiger charge is -2.27. The summed E-state index contributed by atoms with van der Waals surface area (Å²) in [5.74, 6) is -2.26. The van der Waals surface area contributed by atoms with Gasteiger partial charge >= 0.3 is 5.97 Å². The number of carbonyl (C=O) groups is 3. The van der Waals surface area contributed by atoms with Crippen molar-refractivity contribution < 1.29 is 24.4 Å². The summed E-state index contributed by atoms with van der Waals surface area (Å²) < 4.78 is 0. The van der Waals surface area contributed by atoms with Gasteiger partial charge in [0.2, 0.25) is 5.91 Å². The van der Waals surface area contributed by atoms with Crippen LogP contribution < -0.4 is 5.32 Å². The Morgan fingerprint density at radius 2 is 2.08 bits per heavy atom. The number of aliphatic carboxylic acids is 1. The zero-order chi connectivity index (χ0) is 18.4. The van der Waals surface area contributed by atoms with E-state index in [-0.39, 0.29) is 35.9 Å². The minimum Gasteiger partial charge on any atom is -0.480 e. The molecule has 10 heteroatoms. The first-order valence-electron chi connectivity index (χ1n) is 7.04. The smallest absolute Gasteiger partial charge is 0.326 e. The Balaban J connectivity index is 3.15. The van der Waals surface area contributed by atoms with Crippen molar-refractivity contribution in [3.8, 4) is 0 Å². The van der Waals surface area contributed by atoms with Crippen LogP contribution in [0.2, 0.25) is 0 Å². The van der Waals surface area contributed by atoms with Crippen molar-refractivity contribution in [1.82, 2.24) is 15.2 Å². The number of nitrogens with one attached hydrogen (secondary N) is 1. The molecule has 10 nitrogen and oxygen atoms in total. The first kappa shape index (κ1) is 19.0. The highest BCUT2D eigenvalue weighted by atomic mass is 16.6. The summed E-state index contributed by atoms with van der Waals surface area (Å²) in [5, 5.41) is 22.5. The second-order valence-electron chi connectivity index (χ2n) is 5.08. The average molecular weight is 338 g/mol. The average Bonchev–Trinajstić information content (AvgIpc) is 2.50. The predicted molar refractivity (Wildman–Crippen MR) is 82.4 cm³/mol. The Labute approximate surface area is 137 Å². The van der Waals surface area contributed by atoms with Gasteiger partial charge in [0.05, 0.1) is 16.2 Å². The molecule has 0 bridgehead atoms. The number of hydrogen-bond donors (Lipinski definition) is 2. The van der Waals surface area contributed by atoms with Crippen LogP contribution in [0.25, 0.3) is 0 Å². The molecule has 0 aliphatic rings. The minimum atomic E-state index is -1.23. The molecule has 0 radical (unpaired) electrons. The first-order chi connectivity index (χ1) is 11.1. The molecule has 1 heterocycles. The summed E-state index contributed by atoms with van der Waals surface area (Å²) in [6, 6.07) is -0.116. The number of aryl methyl sites for hydroxylation is 1. The van der Waals surface area contributed by atoms with Crippen molar-refractivity contribution in [3.05, 3.63) is 33.6 Å². The lowest BCUT2D eigenvalue weighted by Crippen LogP contribution is -2.47. The van der Waals surface area contributed by atoms with Crippen LogP contribution in [0, 0.1) is 17.0 Å². The predicted octanol–water partition coefficient (Wildman–Crippen LogP) is 0.350. The lowest BCUT2D eigenvalue weighted by molar-refractivity contribution is -0.385. The summed E-state index contributed by atoms with van der Waals surface area (Å²) in [4.78, 5) is 49.8. The van der Waals surface area contributed by atoms with Gasteiger partial charge in [-0.1, -0.05) is 0 Å². The molecule has 1 atom stereocenters. The monoisotopic (exact) mass is 338 g/mol. The van der Waals surface area contributed by atoms with E-state index in [4.69, 9.17) is 5.11 Å². The minimum absolute atomic E-state index is 0.0554. The number of aromatic nitrogens is 1. The van der Waals surface area contributed by atoms with Crippen LogP contribution >= 0.6 is 0 Å². The van der Waals surface area contributed by atoms with E-state index in [0.29, 0.717) is 0 Å². The molecule has 0 aliphatic carbocycles. The highest BCUT2D eigenvalue weighted by Crippen LogP contribution is 2.17. The second kappa shape index (κ2) is 7.99. The second-order valence-corrected chi connectivity index (χ2v) is 5.08. The standard InChI is InChI=1S/C14H18N4O6/c1-8-12(6-11(7-16-8)18(23)24)13(20)17(9(2)14(21)22)5-4-15-10(3)19/h6-7,9H,4-5H2,1-3H3,(H,15,19)(H,21,22). The largest absolute Gasteiger partial charge is 0.480 e. The van der Waals surface area contributed by atoms with Gasteiger partial charge in [0, 0.05) is 26.1 Å². The normalized spacial score (nSPS) is 11.5. The van der Waals surface area contributed by atoms with Crippen LogP contribution in [0.3, 0.4) is 0 Å². The molecule has 0 aliphatic heterocycles. The summed E-state index contributed by atoms with van der Waals surface area (Å²) in [6.45, 7) is 4.10. The number of nitro groups is 1. The van der Waals surface area contributed by atoms with Crippen LogP contribution in [0.1, 0.15) is 29.9 Å². The molecule has 0 saturated carbocycles. The highest BCUT2D eigenvalue weighted by Gasteiger charge is 2.28. The third-order valence-electron chi connectivity index (χ3n) is 3.33. The van der Waals surface area contributed by atoms with E-state index in [2.05, 4.69) is 10.3 Å². The van der Waals surface area contributed by atoms with Crippen molar-refractivity contribution in [2.45, 2.75) is 26.8 Å². The fourth-order valence-corrected chi connectivity index (χ4v) is 1.95. The molecule has 2 amide bonds. The van der Waals surface area contributed by atoms with Gasteiger partial charge in [0.25, 0.3) is 11.6 Å². The van der Waals surface area contributed by atoms with E-state index >= 15 is 0 Å². The van der Waals surface area contributed by atoms with E-state index in [9.17, 15) is 24.5 Å². The summed E-state index contributed by atoms with van der Waals surface area (Å²) in [7, 11) is 0. The number of hydrogen-bond acceptors (Lipinski definition) is 6. The van der Waals surface area contributed by atoms with Crippen LogP contribution in [-0.4, -0.2) is 56.8 Å². The maximum atomic E-state index is 12.6. The zero-order valence-electron chi connectivity index (χ0n) is 13.5. The summed E-state index contributed by atoms with van der Waals surface area (Å²) >= 11 is 0. The van der Waals surface area contributed by atoms with Gasteiger partial charge < -0.3 is 15.3 Å². The van der Waals surface area contributed by atoms with E-state index < -0.39 is 22.8 Å². The summed E-state index contributed by atoms with van der Waals surface area (Å²) in [5.41, 5.74) is -0.179. The van der Waals surface area contributed by atoms with Gasteiger partial charge in [-0.15, -0.1) is 0 Å².